The SMILES string of the molecule is CCN(CC)C1CCN(C(=NC)NCc2nc(C(C)(C)C)cs2)C1. The Labute approximate surface area is 151 Å². The molecular weight excluding hydrogens is 318 g/mol. The second kappa shape index (κ2) is 8.30. The molecule has 0 radical (unpaired) electrons. The number of likely N-dealkylation sites (tertiary alicyclic amines) is 1. The lowest BCUT2D eigenvalue weighted by molar-refractivity contribution is 0.223. The van der Waals surface area contributed by atoms with E-state index < -0.39 is 0 Å². The molecule has 1 atom stereocenters. The first kappa shape index (κ1) is 19.2. The van der Waals surface area contributed by atoms with Crippen LogP contribution in [-0.4, -0.2) is 60.0 Å². The quantitative estimate of drug-likeness (QED) is 0.654. The van der Waals surface area contributed by atoms with Crippen molar-refractivity contribution in [3.8, 4) is 0 Å². The zero-order valence-electron chi connectivity index (χ0n) is 16.1. The van der Waals surface area contributed by atoms with E-state index in [4.69, 9.17) is 4.98 Å². The Kier molecular flexibility index (Phi) is 6.63. The molecule has 0 spiro atoms. The van der Waals surface area contributed by atoms with E-state index in [2.05, 4.69) is 60.1 Å². The summed E-state index contributed by atoms with van der Waals surface area (Å²) >= 11 is 1.73. The van der Waals surface area contributed by atoms with Crippen molar-refractivity contribution in [3.05, 3.63) is 16.1 Å². The van der Waals surface area contributed by atoms with Crippen LogP contribution in [0.25, 0.3) is 0 Å². The van der Waals surface area contributed by atoms with Crippen LogP contribution in [0.15, 0.2) is 10.4 Å². The third kappa shape index (κ3) is 4.70. The smallest absolute Gasteiger partial charge is 0.194 e. The maximum absolute atomic E-state index is 4.76. The van der Waals surface area contributed by atoms with Crippen LogP contribution in [0.3, 0.4) is 0 Å². The van der Waals surface area contributed by atoms with Crippen LogP contribution in [-0.2, 0) is 12.0 Å². The van der Waals surface area contributed by atoms with E-state index in [-0.39, 0.29) is 5.41 Å². The van der Waals surface area contributed by atoms with Crippen molar-refractivity contribution >= 4 is 17.3 Å². The standard InChI is InChI=1S/C18H33N5S/c1-7-22(8-2)14-9-10-23(12-14)17(19-6)20-11-16-21-15(13-24-16)18(3,4)5/h13-14H,7-12H2,1-6H3,(H,19,20). The van der Waals surface area contributed by atoms with Crippen LogP contribution < -0.4 is 5.32 Å². The van der Waals surface area contributed by atoms with Crippen molar-refractivity contribution < 1.29 is 0 Å². The minimum atomic E-state index is 0.113. The maximum Gasteiger partial charge on any atom is 0.194 e. The normalized spacial score (nSPS) is 19.4. The van der Waals surface area contributed by atoms with Gasteiger partial charge in [-0.3, -0.25) is 9.89 Å². The van der Waals surface area contributed by atoms with Gasteiger partial charge in [0.05, 0.1) is 12.2 Å². The molecule has 1 aromatic rings. The van der Waals surface area contributed by atoms with E-state index in [1.54, 1.807) is 11.3 Å². The first-order valence-electron chi connectivity index (χ1n) is 9.03. The molecule has 1 saturated heterocycles. The lowest BCUT2D eigenvalue weighted by atomic mass is 9.93. The van der Waals surface area contributed by atoms with Gasteiger partial charge in [-0.05, 0) is 19.5 Å². The summed E-state index contributed by atoms with van der Waals surface area (Å²) in [4.78, 5) is 14.2. The van der Waals surface area contributed by atoms with Crippen LogP contribution >= 0.6 is 11.3 Å². The number of hydrogen-bond donors (Lipinski definition) is 1. The van der Waals surface area contributed by atoms with Crippen molar-refractivity contribution in [1.82, 2.24) is 20.1 Å². The monoisotopic (exact) mass is 351 g/mol. The van der Waals surface area contributed by atoms with Gasteiger partial charge in [0.2, 0.25) is 0 Å². The van der Waals surface area contributed by atoms with Gasteiger partial charge in [-0.15, -0.1) is 11.3 Å². The summed E-state index contributed by atoms with van der Waals surface area (Å²) in [6, 6.07) is 0.644. The predicted octanol–water partition coefficient (Wildman–Crippen LogP) is 2.93. The first-order valence-corrected chi connectivity index (χ1v) is 9.91. The van der Waals surface area contributed by atoms with E-state index in [1.165, 1.54) is 12.1 Å². The minimum Gasteiger partial charge on any atom is -0.350 e. The molecule has 0 amide bonds. The molecule has 1 N–H and O–H groups in total. The highest BCUT2D eigenvalue weighted by Gasteiger charge is 2.28. The number of nitrogens with zero attached hydrogens (tertiary/aromatic N) is 4. The van der Waals surface area contributed by atoms with Crippen LogP contribution in [0, 0.1) is 0 Å². The Morgan fingerprint density at radius 2 is 2.12 bits per heavy atom. The van der Waals surface area contributed by atoms with Gasteiger partial charge in [0.1, 0.15) is 5.01 Å². The van der Waals surface area contributed by atoms with Crippen molar-refractivity contribution in [1.29, 1.82) is 0 Å². The van der Waals surface area contributed by atoms with Crippen molar-refractivity contribution in [2.45, 2.75) is 59.0 Å². The van der Waals surface area contributed by atoms with E-state index in [0.29, 0.717) is 6.04 Å². The third-order valence-electron chi connectivity index (χ3n) is 4.72. The fourth-order valence-corrected chi connectivity index (χ4v) is 4.16. The molecule has 1 fully saturated rings. The Bertz CT molecular complexity index is 542. The number of hydrogen-bond acceptors (Lipinski definition) is 4. The van der Waals surface area contributed by atoms with Gasteiger partial charge in [-0.1, -0.05) is 34.6 Å². The Hall–Kier alpha value is -1.14. The molecule has 5 nitrogen and oxygen atoms in total. The highest BCUT2D eigenvalue weighted by atomic mass is 32.1. The molecule has 6 heteroatoms. The zero-order valence-corrected chi connectivity index (χ0v) is 16.9. The fourth-order valence-electron chi connectivity index (χ4n) is 3.20. The fraction of sp³-hybridized carbons (Fsp3) is 0.778. The van der Waals surface area contributed by atoms with Gasteiger partial charge in [0.15, 0.2) is 5.96 Å². The largest absolute Gasteiger partial charge is 0.350 e. The molecular formula is C18H33N5S. The van der Waals surface area contributed by atoms with Crippen LogP contribution in [0.1, 0.15) is 51.7 Å². The molecule has 2 heterocycles. The molecule has 0 saturated carbocycles. The number of likely N-dealkylation sites (N-methyl/N-ethyl adjacent to an activating group) is 1. The second-order valence-electron chi connectivity index (χ2n) is 7.39. The predicted molar refractivity (Wildman–Crippen MR) is 104 cm³/mol. The number of nitrogens with one attached hydrogen (secondary N) is 1. The summed E-state index contributed by atoms with van der Waals surface area (Å²) in [5.41, 5.74) is 1.28. The average molecular weight is 352 g/mol. The molecule has 0 aliphatic carbocycles. The maximum atomic E-state index is 4.76. The van der Waals surface area contributed by atoms with Gasteiger partial charge >= 0.3 is 0 Å². The molecule has 1 unspecified atom stereocenters. The van der Waals surface area contributed by atoms with Crippen molar-refractivity contribution in [2.24, 2.45) is 4.99 Å². The van der Waals surface area contributed by atoms with Crippen LogP contribution in [0.5, 0.6) is 0 Å². The number of rotatable bonds is 5. The average Bonchev–Trinajstić information content (AvgIpc) is 3.19. The summed E-state index contributed by atoms with van der Waals surface area (Å²) in [6.45, 7) is 16.2. The molecule has 1 aliphatic rings. The summed E-state index contributed by atoms with van der Waals surface area (Å²) in [5.74, 6) is 0.997. The molecule has 1 aromatic heterocycles. The summed E-state index contributed by atoms with van der Waals surface area (Å²) in [7, 11) is 1.87. The van der Waals surface area contributed by atoms with Gasteiger partial charge in [0, 0.05) is 37.0 Å². The Morgan fingerprint density at radius 3 is 2.67 bits per heavy atom. The van der Waals surface area contributed by atoms with Gasteiger partial charge in [-0.25, -0.2) is 4.98 Å². The number of aliphatic imine (C=N–C) groups is 1. The first-order chi connectivity index (χ1) is 11.4. The van der Waals surface area contributed by atoms with Crippen molar-refractivity contribution in [3.63, 3.8) is 0 Å². The minimum absolute atomic E-state index is 0.113. The molecule has 1 aliphatic heterocycles. The zero-order chi connectivity index (χ0) is 17.7. The number of guanidine groups is 1. The summed E-state index contributed by atoms with van der Waals surface area (Å²) in [6.07, 6.45) is 1.22. The number of aromatic nitrogens is 1. The van der Waals surface area contributed by atoms with Crippen molar-refractivity contribution in [2.75, 3.05) is 33.2 Å². The van der Waals surface area contributed by atoms with Crippen LogP contribution in [0.2, 0.25) is 0 Å². The Balaban J connectivity index is 1.90. The molecule has 0 bridgehead atoms. The van der Waals surface area contributed by atoms with Gasteiger partial charge in [0.25, 0.3) is 0 Å². The molecule has 0 aromatic carbocycles. The van der Waals surface area contributed by atoms with Gasteiger partial charge in [-0.2, -0.15) is 0 Å². The highest BCUT2D eigenvalue weighted by Crippen LogP contribution is 2.24. The summed E-state index contributed by atoms with van der Waals surface area (Å²) < 4.78 is 0. The van der Waals surface area contributed by atoms with E-state index in [0.717, 1.165) is 43.7 Å². The summed E-state index contributed by atoms with van der Waals surface area (Å²) in [5, 5.41) is 6.79. The lowest BCUT2D eigenvalue weighted by Gasteiger charge is -2.27. The topological polar surface area (TPSA) is 43.8 Å². The third-order valence-corrected chi connectivity index (χ3v) is 5.57. The lowest BCUT2D eigenvalue weighted by Crippen LogP contribution is -2.43. The van der Waals surface area contributed by atoms with E-state index >= 15 is 0 Å². The second-order valence-corrected chi connectivity index (χ2v) is 8.33. The van der Waals surface area contributed by atoms with Crippen LogP contribution in [0.4, 0.5) is 0 Å². The highest BCUT2D eigenvalue weighted by molar-refractivity contribution is 7.09. The molecule has 24 heavy (non-hydrogen) atoms. The van der Waals surface area contributed by atoms with Gasteiger partial charge < -0.3 is 10.2 Å². The molecule has 136 valence electrons. The Morgan fingerprint density at radius 1 is 1.42 bits per heavy atom. The molecule has 2 rings (SSSR count). The number of thiazole rings is 1. The van der Waals surface area contributed by atoms with E-state index in [1.807, 2.05) is 7.05 Å². The van der Waals surface area contributed by atoms with E-state index in [9.17, 15) is 0 Å².